The summed E-state index contributed by atoms with van der Waals surface area (Å²) in [6, 6.07) is 7.62. The molecule has 3 heteroatoms. The van der Waals surface area contributed by atoms with Crippen molar-refractivity contribution in [3.8, 4) is 0 Å². The predicted octanol–water partition coefficient (Wildman–Crippen LogP) is 2.76. The van der Waals surface area contributed by atoms with Crippen LogP contribution in [0.15, 0.2) is 24.3 Å². The third-order valence-electron chi connectivity index (χ3n) is 1.87. The summed E-state index contributed by atoms with van der Waals surface area (Å²) in [6.07, 6.45) is 0.108. The van der Waals surface area contributed by atoms with Gasteiger partial charge in [0.2, 0.25) is 0 Å². The highest BCUT2D eigenvalue weighted by Crippen LogP contribution is 2.21. The first-order valence-corrected chi connectivity index (χ1v) is 5.12. The number of ether oxygens (including phenoxy) is 1. The molecule has 1 atom stereocenters. The molecule has 0 unspecified atom stereocenters. The molecule has 2 nitrogen and oxygen atoms in total. The minimum atomic E-state index is -0.0614. The number of hydrogen-bond acceptors (Lipinski definition) is 2. The highest BCUT2D eigenvalue weighted by Gasteiger charge is 2.11. The molecule has 0 saturated carbocycles. The van der Waals surface area contributed by atoms with Gasteiger partial charge in [-0.2, -0.15) is 0 Å². The first-order valence-electron chi connectivity index (χ1n) is 4.74. The number of nitrogens with two attached hydrogens (primary N) is 1. The Kier molecular flexibility index (Phi) is 4.39. The lowest BCUT2D eigenvalue weighted by molar-refractivity contribution is 0.0120. The first-order chi connectivity index (χ1) is 6.63. The quantitative estimate of drug-likeness (QED) is 0.835. The van der Waals surface area contributed by atoms with Gasteiger partial charge in [0.25, 0.3) is 0 Å². The van der Waals surface area contributed by atoms with Crippen molar-refractivity contribution in [1.29, 1.82) is 0 Å². The van der Waals surface area contributed by atoms with Crippen LogP contribution in [0.4, 0.5) is 0 Å². The standard InChI is InChI=1S/C11H16ClNO/c1-8(2)14-11(7-13)9-4-3-5-10(12)6-9/h3-6,8,11H,7,13H2,1-2H3/t11-/m0/s1. The van der Waals surface area contributed by atoms with Crippen LogP contribution in [0.3, 0.4) is 0 Å². The molecule has 1 rings (SSSR count). The van der Waals surface area contributed by atoms with E-state index in [1.807, 2.05) is 38.1 Å². The molecule has 14 heavy (non-hydrogen) atoms. The Bertz CT molecular complexity index is 288. The Morgan fingerprint density at radius 1 is 1.43 bits per heavy atom. The highest BCUT2D eigenvalue weighted by molar-refractivity contribution is 6.30. The van der Waals surface area contributed by atoms with Crippen molar-refractivity contribution in [2.45, 2.75) is 26.1 Å². The van der Waals surface area contributed by atoms with E-state index in [2.05, 4.69) is 0 Å². The molecule has 0 fully saturated rings. The zero-order valence-electron chi connectivity index (χ0n) is 8.53. The molecule has 0 aliphatic heterocycles. The summed E-state index contributed by atoms with van der Waals surface area (Å²) in [5.41, 5.74) is 6.67. The fraction of sp³-hybridized carbons (Fsp3) is 0.455. The summed E-state index contributed by atoms with van der Waals surface area (Å²) in [6.45, 7) is 4.46. The fourth-order valence-corrected chi connectivity index (χ4v) is 1.50. The molecule has 0 spiro atoms. The van der Waals surface area contributed by atoms with Gasteiger partial charge in [0.05, 0.1) is 12.2 Å². The Morgan fingerprint density at radius 2 is 2.14 bits per heavy atom. The van der Waals surface area contributed by atoms with E-state index < -0.39 is 0 Å². The third kappa shape index (κ3) is 3.29. The Hall–Kier alpha value is -0.570. The van der Waals surface area contributed by atoms with Gasteiger partial charge in [-0.25, -0.2) is 0 Å². The molecule has 1 aromatic rings. The van der Waals surface area contributed by atoms with Crippen molar-refractivity contribution in [3.05, 3.63) is 34.9 Å². The third-order valence-corrected chi connectivity index (χ3v) is 2.11. The van der Waals surface area contributed by atoms with E-state index in [0.717, 1.165) is 5.56 Å². The van der Waals surface area contributed by atoms with E-state index in [9.17, 15) is 0 Å². The summed E-state index contributed by atoms with van der Waals surface area (Å²) in [5.74, 6) is 0. The summed E-state index contributed by atoms with van der Waals surface area (Å²) in [4.78, 5) is 0. The van der Waals surface area contributed by atoms with Crippen LogP contribution in [0.1, 0.15) is 25.5 Å². The van der Waals surface area contributed by atoms with Crippen LogP contribution >= 0.6 is 11.6 Å². The second-order valence-electron chi connectivity index (χ2n) is 3.46. The molecule has 0 bridgehead atoms. The summed E-state index contributed by atoms with van der Waals surface area (Å²) in [5, 5.41) is 0.716. The molecular formula is C11H16ClNO. The maximum Gasteiger partial charge on any atom is 0.0951 e. The van der Waals surface area contributed by atoms with Gasteiger partial charge in [-0.3, -0.25) is 0 Å². The number of benzene rings is 1. The Morgan fingerprint density at radius 3 is 2.64 bits per heavy atom. The molecule has 0 saturated heterocycles. The molecule has 0 heterocycles. The van der Waals surface area contributed by atoms with Crippen LogP contribution in [0.2, 0.25) is 5.02 Å². The van der Waals surface area contributed by atoms with Crippen molar-refractivity contribution in [2.24, 2.45) is 5.73 Å². The molecule has 0 aromatic heterocycles. The van der Waals surface area contributed by atoms with Crippen molar-refractivity contribution >= 4 is 11.6 Å². The molecule has 2 N–H and O–H groups in total. The molecule has 0 radical (unpaired) electrons. The molecule has 0 aliphatic rings. The molecule has 78 valence electrons. The highest BCUT2D eigenvalue weighted by atomic mass is 35.5. The van der Waals surface area contributed by atoms with E-state index >= 15 is 0 Å². The lowest BCUT2D eigenvalue weighted by Gasteiger charge is -2.19. The van der Waals surface area contributed by atoms with E-state index in [1.54, 1.807) is 0 Å². The van der Waals surface area contributed by atoms with Gasteiger partial charge in [0.15, 0.2) is 0 Å². The number of rotatable bonds is 4. The zero-order chi connectivity index (χ0) is 10.6. The maximum atomic E-state index is 5.89. The van der Waals surface area contributed by atoms with E-state index in [-0.39, 0.29) is 12.2 Å². The largest absolute Gasteiger partial charge is 0.370 e. The number of halogens is 1. The Balaban J connectivity index is 2.78. The summed E-state index contributed by atoms with van der Waals surface area (Å²) < 4.78 is 5.66. The van der Waals surface area contributed by atoms with Crippen molar-refractivity contribution in [2.75, 3.05) is 6.54 Å². The topological polar surface area (TPSA) is 35.2 Å². The van der Waals surface area contributed by atoms with Crippen LogP contribution in [0, 0.1) is 0 Å². The van der Waals surface area contributed by atoms with Crippen molar-refractivity contribution in [3.63, 3.8) is 0 Å². The average Bonchev–Trinajstić information content (AvgIpc) is 2.14. The second-order valence-corrected chi connectivity index (χ2v) is 3.90. The van der Waals surface area contributed by atoms with Crippen LogP contribution < -0.4 is 5.73 Å². The first kappa shape index (κ1) is 11.5. The number of hydrogen-bond donors (Lipinski definition) is 1. The molecule has 0 amide bonds. The van der Waals surface area contributed by atoms with E-state index in [1.165, 1.54) is 0 Å². The van der Waals surface area contributed by atoms with Gasteiger partial charge in [0, 0.05) is 11.6 Å². The normalized spacial score (nSPS) is 13.2. The van der Waals surface area contributed by atoms with Gasteiger partial charge < -0.3 is 10.5 Å². The van der Waals surface area contributed by atoms with E-state index in [4.69, 9.17) is 22.1 Å². The second kappa shape index (κ2) is 5.35. The van der Waals surface area contributed by atoms with Gasteiger partial charge in [0.1, 0.15) is 0 Å². The minimum absolute atomic E-state index is 0.0614. The van der Waals surface area contributed by atoms with Gasteiger partial charge in [-0.1, -0.05) is 23.7 Å². The fourth-order valence-electron chi connectivity index (χ4n) is 1.31. The van der Waals surface area contributed by atoms with Crippen LogP contribution in [0.5, 0.6) is 0 Å². The van der Waals surface area contributed by atoms with Gasteiger partial charge in [-0.05, 0) is 31.5 Å². The van der Waals surface area contributed by atoms with Crippen LogP contribution in [-0.2, 0) is 4.74 Å². The summed E-state index contributed by atoms with van der Waals surface area (Å²) in [7, 11) is 0. The average molecular weight is 214 g/mol. The zero-order valence-corrected chi connectivity index (χ0v) is 9.29. The van der Waals surface area contributed by atoms with E-state index in [0.29, 0.717) is 11.6 Å². The van der Waals surface area contributed by atoms with Crippen molar-refractivity contribution in [1.82, 2.24) is 0 Å². The summed E-state index contributed by atoms with van der Waals surface area (Å²) >= 11 is 5.89. The van der Waals surface area contributed by atoms with Crippen LogP contribution in [0.25, 0.3) is 0 Å². The predicted molar refractivity (Wildman–Crippen MR) is 59.5 cm³/mol. The Labute approximate surface area is 90.0 Å². The maximum absolute atomic E-state index is 5.89. The van der Waals surface area contributed by atoms with Crippen LogP contribution in [-0.4, -0.2) is 12.6 Å². The van der Waals surface area contributed by atoms with Gasteiger partial charge >= 0.3 is 0 Å². The lowest BCUT2D eigenvalue weighted by Crippen LogP contribution is -2.19. The molecular weight excluding hydrogens is 198 g/mol. The minimum Gasteiger partial charge on any atom is -0.370 e. The van der Waals surface area contributed by atoms with Gasteiger partial charge in [-0.15, -0.1) is 0 Å². The SMILES string of the molecule is CC(C)O[C@@H](CN)c1cccc(Cl)c1. The van der Waals surface area contributed by atoms with Crippen molar-refractivity contribution < 1.29 is 4.74 Å². The lowest BCUT2D eigenvalue weighted by atomic mass is 10.1. The smallest absolute Gasteiger partial charge is 0.0951 e. The molecule has 0 aliphatic carbocycles. The molecule has 1 aromatic carbocycles. The monoisotopic (exact) mass is 213 g/mol.